The summed E-state index contributed by atoms with van der Waals surface area (Å²) in [5, 5.41) is 3.70. The van der Waals surface area contributed by atoms with E-state index in [-0.39, 0.29) is 11.1 Å². The van der Waals surface area contributed by atoms with Crippen molar-refractivity contribution in [3.05, 3.63) is 57.5 Å². The van der Waals surface area contributed by atoms with Crippen LogP contribution in [-0.2, 0) is 5.54 Å². The number of hydrogen-bond donors (Lipinski definition) is 1. The van der Waals surface area contributed by atoms with Gasteiger partial charge in [0.2, 0.25) is 0 Å². The number of halogens is 4. The Labute approximate surface area is 223 Å². The summed E-state index contributed by atoms with van der Waals surface area (Å²) >= 11 is 0. The molecule has 2 aromatic heterocycles. The van der Waals surface area contributed by atoms with Gasteiger partial charge in [-0.3, -0.25) is 9.69 Å². The second-order valence-corrected chi connectivity index (χ2v) is 11.1. The van der Waals surface area contributed by atoms with Gasteiger partial charge in [0.1, 0.15) is 35.3 Å². The number of rotatable bonds is 7. The second-order valence-electron chi connectivity index (χ2n) is 11.1. The summed E-state index contributed by atoms with van der Waals surface area (Å²) in [7, 11) is 0. The highest BCUT2D eigenvalue weighted by Gasteiger charge is 2.47. The maximum absolute atomic E-state index is 15.0. The summed E-state index contributed by atoms with van der Waals surface area (Å²) in [5.74, 6) is -0.219. The molecule has 6 rings (SSSR count). The van der Waals surface area contributed by atoms with Crippen LogP contribution in [0, 0.1) is 12.7 Å². The SMILES string of the molecule is Cc1nc(N[C@H](C)c2cccc(C(F)F)c2F)c2cn(C3(CF)CC3)c(=O)c(N3CCN4CCC[C@@H]4C3)c2n1. The maximum atomic E-state index is 15.0. The second kappa shape index (κ2) is 9.76. The van der Waals surface area contributed by atoms with E-state index in [0.717, 1.165) is 32.0 Å². The van der Waals surface area contributed by atoms with Crippen molar-refractivity contribution in [3.63, 3.8) is 0 Å². The molecule has 1 aliphatic carbocycles. The van der Waals surface area contributed by atoms with Gasteiger partial charge in [-0.2, -0.15) is 0 Å². The Morgan fingerprint density at radius 3 is 2.64 bits per heavy atom. The molecule has 0 spiro atoms. The number of benzene rings is 1. The van der Waals surface area contributed by atoms with Crippen molar-refractivity contribution in [2.75, 3.05) is 43.1 Å². The van der Waals surface area contributed by atoms with Crippen molar-refractivity contribution in [3.8, 4) is 0 Å². The molecule has 3 fully saturated rings. The molecule has 0 unspecified atom stereocenters. The van der Waals surface area contributed by atoms with Crippen molar-refractivity contribution in [2.45, 2.75) is 63.6 Å². The number of pyridine rings is 1. The van der Waals surface area contributed by atoms with Crippen molar-refractivity contribution < 1.29 is 17.6 Å². The van der Waals surface area contributed by atoms with E-state index in [0.29, 0.717) is 60.2 Å². The third-order valence-electron chi connectivity index (χ3n) is 8.57. The van der Waals surface area contributed by atoms with Gasteiger partial charge < -0.3 is 14.8 Å². The van der Waals surface area contributed by atoms with E-state index in [9.17, 15) is 22.4 Å². The molecule has 0 amide bonds. The van der Waals surface area contributed by atoms with Gasteiger partial charge in [0.05, 0.1) is 22.5 Å². The van der Waals surface area contributed by atoms with Crippen LogP contribution in [0.15, 0.2) is 29.2 Å². The lowest BCUT2D eigenvalue weighted by molar-refractivity contribution is 0.146. The van der Waals surface area contributed by atoms with Gasteiger partial charge in [0.15, 0.2) is 0 Å². The zero-order valence-electron chi connectivity index (χ0n) is 22.1. The molecule has 2 atom stereocenters. The number of aryl methyl sites for hydroxylation is 1. The van der Waals surface area contributed by atoms with Crippen LogP contribution in [-0.4, -0.2) is 58.3 Å². The van der Waals surface area contributed by atoms with Gasteiger partial charge in [-0.1, -0.05) is 18.2 Å². The van der Waals surface area contributed by atoms with E-state index < -0.39 is 36.1 Å². The molecule has 208 valence electrons. The third kappa shape index (κ3) is 4.44. The quantitative estimate of drug-likeness (QED) is 0.418. The van der Waals surface area contributed by atoms with Gasteiger partial charge in [-0.25, -0.2) is 27.5 Å². The van der Waals surface area contributed by atoms with E-state index in [1.54, 1.807) is 20.0 Å². The predicted molar refractivity (Wildman–Crippen MR) is 142 cm³/mol. The van der Waals surface area contributed by atoms with E-state index in [1.807, 2.05) is 0 Å². The van der Waals surface area contributed by atoms with E-state index in [1.165, 1.54) is 16.7 Å². The van der Waals surface area contributed by atoms with Crippen LogP contribution in [0.5, 0.6) is 0 Å². The standard InChI is InChI=1S/C28H32F4N6O/c1-16(19-6-3-7-20(22(19)30)25(31)32)33-26-21-14-38(28(15-29)8-9-28)27(39)24(23(21)34-17(2)35-26)37-12-11-36-10-4-5-18(36)13-37/h3,6-7,14,16,18,25H,4-5,8-13,15H2,1-2H3,(H,33,34,35)/t16-,18-/m1/s1. The normalized spacial score (nSPS) is 21.4. The lowest BCUT2D eigenvalue weighted by Crippen LogP contribution is -2.52. The van der Waals surface area contributed by atoms with Crippen molar-refractivity contribution in [1.29, 1.82) is 0 Å². The molecule has 39 heavy (non-hydrogen) atoms. The van der Waals surface area contributed by atoms with Crippen LogP contribution in [0.2, 0.25) is 0 Å². The van der Waals surface area contributed by atoms with Gasteiger partial charge in [0, 0.05) is 37.4 Å². The number of anilines is 2. The Kier molecular flexibility index (Phi) is 6.52. The Bertz CT molecular complexity index is 1470. The molecule has 2 saturated heterocycles. The van der Waals surface area contributed by atoms with Crippen LogP contribution >= 0.6 is 0 Å². The number of nitrogens with zero attached hydrogens (tertiary/aromatic N) is 5. The van der Waals surface area contributed by atoms with Crippen LogP contribution in [0.1, 0.15) is 62.0 Å². The summed E-state index contributed by atoms with van der Waals surface area (Å²) in [6, 6.07) is 3.56. The number of nitrogens with one attached hydrogen (secondary N) is 1. The minimum Gasteiger partial charge on any atom is -0.363 e. The van der Waals surface area contributed by atoms with Crippen molar-refractivity contribution >= 4 is 22.4 Å². The fourth-order valence-corrected chi connectivity index (χ4v) is 6.17. The van der Waals surface area contributed by atoms with Gasteiger partial charge in [0.25, 0.3) is 12.0 Å². The van der Waals surface area contributed by atoms with Crippen LogP contribution in [0.3, 0.4) is 0 Å². The first kappa shape index (κ1) is 26.0. The summed E-state index contributed by atoms with van der Waals surface area (Å²) in [6.07, 6.45) is 1.97. The molecule has 0 bridgehead atoms. The highest BCUT2D eigenvalue weighted by atomic mass is 19.3. The molecule has 1 N–H and O–H groups in total. The average Bonchev–Trinajstić information content (AvgIpc) is 3.56. The highest BCUT2D eigenvalue weighted by Crippen LogP contribution is 2.44. The van der Waals surface area contributed by atoms with Crippen LogP contribution in [0.4, 0.5) is 29.1 Å². The van der Waals surface area contributed by atoms with Crippen molar-refractivity contribution in [2.24, 2.45) is 0 Å². The molecule has 4 heterocycles. The van der Waals surface area contributed by atoms with E-state index in [2.05, 4.69) is 25.1 Å². The first-order valence-electron chi connectivity index (χ1n) is 13.5. The first-order valence-corrected chi connectivity index (χ1v) is 13.5. The molecule has 1 aromatic carbocycles. The Balaban J connectivity index is 1.48. The zero-order chi connectivity index (χ0) is 27.5. The molecule has 11 heteroatoms. The maximum Gasteiger partial charge on any atom is 0.276 e. The Morgan fingerprint density at radius 2 is 1.92 bits per heavy atom. The van der Waals surface area contributed by atoms with Crippen LogP contribution in [0.25, 0.3) is 10.9 Å². The molecule has 1 saturated carbocycles. The lowest BCUT2D eigenvalue weighted by Gasteiger charge is -2.39. The van der Waals surface area contributed by atoms with Gasteiger partial charge in [-0.15, -0.1) is 0 Å². The topological polar surface area (TPSA) is 66.3 Å². The monoisotopic (exact) mass is 544 g/mol. The number of aromatic nitrogens is 3. The van der Waals surface area contributed by atoms with E-state index in [4.69, 9.17) is 0 Å². The molecular weight excluding hydrogens is 512 g/mol. The van der Waals surface area contributed by atoms with Crippen molar-refractivity contribution in [1.82, 2.24) is 19.4 Å². The molecule has 0 radical (unpaired) electrons. The number of alkyl halides is 3. The minimum atomic E-state index is -2.94. The Morgan fingerprint density at radius 1 is 1.15 bits per heavy atom. The van der Waals surface area contributed by atoms with Gasteiger partial charge >= 0.3 is 0 Å². The number of hydrogen-bond acceptors (Lipinski definition) is 6. The smallest absolute Gasteiger partial charge is 0.276 e. The van der Waals surface area contributed by atoms with Crippen LogP contribution < -0.4 is 15.8 Å². The summed E-state index contributed by atoms with van der Waals surface area (Å²) in [6.45, 7) is 5.94. The third-order valence-corrected chi connectivity index (χ3v) is 8.57. The minimum absolute atomic E-state index is 0.0746. The first-order chi connectivity index (χ1) is 18.7. The molecule has 2 aliphatic heterocycles. The number of fused-ring (bicyclic) bond motifs is 2. The average molecular weight is 545 g/mol. The summed E-state index contributed by atoms with van der Waals surface area (Å²) in [5.41, 5.74) is -0.846. The fraction of sp³-hybridized carbons (Fsp3) is 0.536. The number of piperazine rings is 1. The Hall–Kier alpha value is -3.21. The highest BCUT2D eigenvalue weighted by molar-refractivity contribution is 5.97. The molecule has 7 nitrogen and oxygen atoms in total. The molecular formula is C28H32F4N6O. The van der Waals surface area contributed by atoms with Gasteiger partial charge in [-0.05, 0) is 46.1 Å². The predicted octanol–water partition coefficient (Wildman–Crippen LogP) is 5.09. The lowest BCUT2D eigenvalue weighted by atomic mass is 10.0. The summed E-state index contributed by atoms with van der Waals surface area (Å²) < 4.78 is 57.4. The largest absolute Gasteiger partial charge is 0.363 e. The summed E-state index contributed by atoms with van der Waals surface area (Å²) in [4.78, 5) is 27.7. The molecule has 3 aromatic rings. The molecule has 3 aliphatic rings. The zero-order valence-corrected chi connectivity index (χ0v) is 22.1. The fourth-order valence-electron chi connectivity index (χ4n) is 6.17. The van der Waals surface area contributed by atoms with E-state index >= 15 is 0 Å².